The third-order valence-corrected chi connectivity index (χ3v) is 8.98. The Hall–Kier alpha value is 0.532. The molecule has 0 heterocycles. The lowest BCUT2D eigenvalue weighted by Crippen LogP contribution is -2.25. The molecule has 1 heteroatoms. The molecule has 0 amide bonds. The molecule has 0 N–H and O–H groups in total. The van der Waals surface area contributed by atoms with Crippen LogP contribution in [0, 0.1) is 17.3 Å². The van der Waals surface area contributed by atoms with Crippen LogP contribution in [0.25, 0.3) is 0 Å². The summed E-state index contributed by atoms with van der Waals surface area (Å²) in [6, 6.07) is 0. The molecule has 0 nitrogen and oxygen atoms in total. The minimum absolute atomic E-state index is 0.470. The zero-order valence-corrected chi connectivity index (χ0v) is 13.3. The van der Waals surface area contributed by atoms with Gasteiger partial charge in [0, 0.05) is 0 Å². The molecule has 0 radical (unpaired) electrons. The topological polar surface area (TPSA) is 0 Å². The standard InChI is InChI=1S/C7H13.2C4H9.Al/c1-7(2)5-3-4-6-7;2*1-4(2)3;/h1,3-6H2,2H3;2*4H,1H2,2-3H3;. The van der Waals surface area contributed by atoms with Crippen LogP contribution in [0.3, 0.4) is 0 Å². The van der Waals surface area contributed by atoms with Crippen LogP contribution in [0.2, 0.25) is 15.8 Å². The summed E-state index contributed by atoms with van der Waals surface area (Å²) in [7, 11) is 0. The summed E-state index contributed by atoms with van der Waals surface area (Å²) in [5, 5.41) is 4.78. The Morgan fingerprint density at radius 3 is 1.75 bits per heavy atom. The van der Waals surface area contributed by atoms with Gasteiger partial charge in [-0.3, -0.25) is 0 Å². The zero-order valence-electron chi connectivity index (χ0n) is 12.2. The average Bonchev–Trinajstić information content (AvgIpc) is 2.48. The van der Waals surface area contributed by atoms with Crippen molar-refractivity contribution in [2.45, 2.75) is 76.2 Å². The Balaban J connectivity index is 2.48. The molecule has 1 fully saturated rings. The number of hydrogen-bond donors (Lipinski definition) is 0. The summed E-state index contributed by atoms with van der Waals surface area (Å²) in [5.41, 5.74) is 0.751. The molecule has 1 saturated carbocycles. The van der Waals surface area contributed by atoms with Gasteiger partial charge in [0.25, 0.3) is 14.1 Å². The van der Waals surface area contributed by atoms with Gasteiger partial charge in [0.15, 0.2) is 0 Å². The van der Waals surface area contributed by atoms with E-state index < -0.39 is 14.1 Å². The van der Waals surface area contributed by atoms with Crippen molar-refractivity contribution in [2.75, 3.05) is 0 Å². The van der Waals surface area contributed by atoms with E-state index in [1.54, 1.807) is 15.8 Å². The molecular weight excluding hydrogens is 207 g/mol. The highest BCUT2D eigenvalue weighted by molar-refractivity contribution is 6.59. The maximum Gasteiger partial charge on any atom is 0.262 e. The van der Waals surface area contributed by atoms with Crippen molar-refractivity contribution in [3.8, 4) is 0 Å². The molecule has 0 atom stereocenters. The lowest BCUT2D eigenvalue weighted by atomic mass is 9.92. The van der Waals surface area contributed by atoms with Crippen LogP contribution in [0.15, 0.2) is 0 Å². The Morgan fingerprint density at radius 2 is 1.38 bits per heavy atom. The molecule has 0 spiro atoms. The normalized spacial score (nSPS) is 19.7. The van der Waals surface area contributed by atoms with Crippen molar-refractivity contribution in [1.82, 2.24) is 0 Å². The SMILES string of the molecule is CC(C)[CH2][Al]([CH2]C(C)C)[CH2]C1(C)CCCC1. The van der Waals surface area contributed by atoms with Crippen LogP contribution in [0.4, 0.5) is 0 Å². The first-order valence-corrected chi connectivity index (χ1v) is 9.86. The molecule has 0 saturated heterocycles. The third kappa shape index (κ3) is 5.24. The molecule has 94 valence electrons. The first kappa shape index (κ1) is 14.6. The maximum atomic E-state index is 2.57. The van der Waals surface area contributed by atoms with Crippen LogP contribution in [0.1, 0.15) is 60.3 Å². The Bertz CT molecular complexity index is 180. The number of hydrogen-bond acceptors (Lipinski definition) is 0. The summed E-state index contributed by atoms with van der Waals surface area (Å²) in [6.07, 6.45) is 6.04. The van der Waals surface area contributed by atoms with Gasteiger partial charge in [-0.1, -0.05) is 75.1 Å². The van der Waals surface area contributed by atoms with E-state index in [1.165, 1.54) is 25.7 Å². The van der Waals surface area contributed by atoms with Crippen molar-refractivity contribution in [1.29, 1.82) is 0 Å². The van der Waals surface area contributed by atoms with Gasteiger partial charge >= 0.3 is 0 Å². The highest BCUT2D eigenvalue weighted by Crippen LogP contribution is 2.43. The minimum Gasteiger partial charge on any atom is -0.0915 e. The smallest absolute Gasteiger partial charge is 0.0915 e. The fourth-order valence-electron chi connectivity index (χ4n) is 3.73. The van der Waals surface area contributed by atoms with E-state index in [2.05, 4.69) is 34.6 Å². The molecule has 1 rings (SSSR count). The van der Waals surface area contributed by atoms with E-state index in [4.69, 9.17) is 0 Å². The Labute approximate surface area is 108 Å². The monoisotopic (exact) mass is 238 g/mol. The molecule has 0 unspecified atom stereocenters. The second-order valence-electron chi connectivity index (χ2n) is 7.35. The van der Waals surface area contributed by atoms with E-state index in [-0.39, 0.29) is 0 Å². The largest absolute Gasteiger partial charge is 0.262 e. The molecule has 0 aromatic carbocycles. The summed E-state index contributed by atoms with van der Waals surface area (Å²) in [4.78, 5) is 0. The average molecular weight is 238 g/mol. The Kier molecular flexibility index (Phi) is 5.89. The van der Waals surface area contributed by atoms with Crippen molar-refractivity contribution in [2.24, 2.45) is 17.3 Å². The van der Waals surface area contributed by atoms with E-state index in [0.717, 1.165) is 17.3 Å². The first-order chi connectivity index (χ1) is 7.41. The van der Waals surface area contributed by atoms with E-state index in [1.807, 2.05) is 0 Å². The predicted octanol–water partition coefficient (Wildman–Crippen LogP) is 5.37. The maximum absolute atomic E-state index is 2.57. The second-order valence-corrected chi connectivity index (χ2v) is 10.4. The van der Waals surface area contributed by atoms with Gasteiger partial charge in [-0.25, -0.2) is 0 Å². The second kappa shape index (κ2) is 6.46. The van der Waals surface area contributed by atoms with Gasteiger partial charge in [0.1, 0.15) is 0 Å². The van der Waals surface area contributed by atoms with Crippen molar-refractivity contribution < 1.29 is 0 Å². The summed E-state index contributed by atoms with van der Waals surface area (Å²) < 4.78 is 0. The molecule has 0 aliphatic heterocycles. The van der Waals surface area contributed by atoms with Crippen LogP contribution in [-0.2, 0) is 0 Å². The quantitative estimate of drug-likeness (QED) is 0.545. The molecule has 0 bridgehead atoms. The van der Waals surface area contributed by atoms with Gasteiger partial charge in [0.05, 0.1) is 0 Å². The van der Waals surface area contributed by atoms with Gasteiger partial charge in [-0.05, 0) is 18.3 Å². The molecular formula is C15H31Al. The van der Waals surface area contributed by atoms with Crippen LogP contribution in [-0.4, -0.2) is 14.1 Å². The lowest BCUT2D eigenvalue weighted by molar-refractivity contribution is 0.376. The zero-order chi connectivity index (χ0) is 12.2. The van der Waals surface area contributed by atoms with E-state index in [9.17, 15) is 0 Å². The highest BCUT2D eigenvalue weighted by atomic mass is 27.2. The van der Waals surface area contributed by atoms with Crippen molar-refractivity contribution in [3.05, 3.63) is 0 Å². The van der Waals surface area contributed by atoms with Crippen molar-refractivity contribution in [3.63, 3.8) is 0 Å². The summed E-state index contributed by atoms with van der Waals surface area (Å²) in [5.74, 6) is 1.86. The van der Waals surface area contributed by atoms with Crippen LogP contribution < -0.4 is 0 Å². The van der Waals surface area contributed by atoms with E-state index >= 15 is 0 Å². The predicted molar refractivity (Wildman–Crippen MR) is 76.4 cm³/mol. The third-order valence-electron chi connectivity index (χ3n) is 4.20. The molecule has 0 aromatic rings. The highest BCUT2D eigenvalue weighted by Gasteiger charge is 2.34. The number of rotatable bonds is 6. The van der Waals surface area contributed by atoms with Crippen LogP contribution >= 0.6 is 0 Å². The van der Waals surface area contributed by atoms with Gasteiger partial charge in [-0.2, -0.15) is 0 Å². The molecule has 0 aromatic heterocycles. The molecule has 1 aliphatic rings. The minimum atomic E-state index is -0.470. The summed E-state index contributed by atoms with van der Waals surface area (Å²) in [6.45, 7) is 12.2. The first-order valence-electron chi connectivity index (χ1n) is 7.41. The fourth-order valence-corrected chi connectivity index (χ4v) is 8.72. The lowest BCUT2D eigenvalue weighted by Gasteiger charge is -2.28. The van der Waals surface area contributed by atoms with E-state index in [0.29, 0.717) is 0 Å². The van der Waals surface area contributed by atoms with Crippen molar-refractivity contribution >= 4 is 14.1 Å². The summed E-state index contributed by atoms with van der Waals surface area (Å²) >= 11 is -0.470. The van der Waals surface area contributed by atoms with Crippen LogP contribution in [0.5, 0.6) is 0 Å². The van der Waals surface area contributed by atoms with Gasteiger partial charge < -0.3 is 0 Å². The van der Waals surface area contributed by atoms with Gasteiger partial charge in [-0.15, -0.1) is 0 Å². The fraction of sp³-hybridized carbons (Fsp3) is 1.00. The molecule has 1 aliphatic carbocycles. The van der Waals surface area contributed by atoms with Gasteiger partial charge in [0.2, 0.25) is 0 Å². The Morgan fingerprint density at radius 1 is 0.938 bits per heavy atom. The molecule has 16 heavy (non-hydrogen) atoms.